The van der Waals surface area contributed by atoms with Crippen LogP contribution in [-0.4, -0.2) is 0 Å². The van der Waals surface area contributed by atoms with E-state index >= 15 is 0 Å². The first kappa shape index (κ1) is 17.7. The zero-order valence-electron chi connectivity index (χ0n) is 16.7. The summed E-state index contributed by atoms with van der Waals surface area (Å²) in [6, 6.07) is 18.8. The minimum atomic E-state index is 1.11. The molecule has 4 aromatic heterocycles. The fourth-order valence-corrected chi connectivity index (χ4v) is 9.62. The maximum Gasteiger partial charge on any atom is 0.0487 e. The minimum Gasteiger partial charge on any atom is -0.139 e. The number of hydrogen-bond acceptors (Lipinski definition) is 4. The Balaban J connectivity index is 1.21. The van der Waals surface area contributed by atoms with Crippen molar-refractivity contribution in [2.45, 2.75) is 26.7 Å². The fourth-order valence-electron chi connectivity index (χ4n) is 4.78. The van der Waals surface area contributed by atoms with Gasteiger partial charge >= 0.3 is 0 Å². The molecular formula is C26H18S4. The third-order valence-electron chi connectivity index (χ3n) is 6.11. The standard InChI is InChI=1S/C26H18S4/c1-13-7-17-9-19-11-21(29-25(19)23(17)27-13)15-3-5-16(6-4-15)22-12-20-10-18-8-14(2)28-24(18)26(20)30-22/h3-8,11-12H,9-10H2,1-2H3. The van der Waals surface area contributed by atoms with Crippen LogP contribution in [0.25, 0.3) is 40.4 Å². The second kappa shape index (κ2) is 6.27. The molecule has 0 unspecified atom stereocenters. The highest BCUT2D eigenvalue weighted by molar-refractivity contribution is 7.25. The third kappa shape index (κ3) is 2.54. The molecule has 4 heteroatoms. The fraction of sp³-hybridized carbons (Fsp3) is 0.154. The Morgan fingerprint density at radius 3 is 1.30 bits per heavy atom. The number of fused-ring (bicyclic) bond motifs is 6. The summed E-state index contributed by atoms with van der Waals surface area (Å²) in [5, 5.41) is 0. The van der Waals surface area contributed by atoms with Crippen LogP contribution in [0.5, 0.6) is 0 Å². The van der Waals surface area contributed by atoms with E-state index in [1.165, 1.54) is 72.4 Å². The second-order valence-corrected chi connectivity index (χ2v) is 12.9. The van der Waals surface area contributed by atoms with E-state index in [-0.39, 0.29) is 0 Å². The van der Waals surface area contributed by atoms with Crippen LogP contribution < -0.4 is 0 Å². The maximum atomic E-state index is 2.41. The van der Waals surface area contributed by atoms with Gasteiger partial charge in [-0.25, -0.2) is 0 Å². The summed E-state index contributed by atoms with van der Waals surface area (Å²) < 4.78 is 0. The van der Waals surface area contributed by atoms with Crippen molar-refractivity contribution in [2.24, 2.45) is 0 Å². The van der Waals surface area contributed by atoms with E-state index in [1.807, 2.05) is 45.3 Å². The number of thiophene rings is 4. The molecule has 146 valence electrons. The quantitative estimate of drug-likeness (QED) is 0.242. The SMILES string of the molecule is Cc1cc2c(s1)-c1sc(-c3ccc(-c4cc5c(s4)-c4sc(C)cc4C5)cc3)cc1C2. The van der Waals surface area contributed by atoms with Crippen LogP contribution in [0.2, 0.25) is 0 Å². The van der Waals surface area contributed by atoms with Gasteiger partial charge in [-0.2, -0.15) is 0 Å². The lowest BCUT2D eigenvalue weighted by molar-refractivity contribution is 1.28. The minimum absolute atomic E-state index is 1.11. The van der Waals surface area contributed by atoms with Gasteiger partial charge in [-0.15, -0.1) is 45.3 Å². The smallest absolute Gasteiger partial charge is 0.0487 e. The van der Waals surface area contributed by atoms with Crippen molar-refractivity contribution in [1.82, 2.24) is 0 Å². The van der Waals surface area contributed by atoms with Gasteiger partial charge in [0.25, 0.3) is 0 Å². The molecule has 0 bridgehead atoms. The Kier molecular flexibility index (Phi) is 3.69. The van der Waals surface area contributed by atoms with Crippen molar-refractivity contribution < 1.29 is 0 Å². The topological polar surface area (TPSA) is 0 Å². The summed E-state index contributed by atoms with van der Waals surface area (Å²) in [6.45, 7) is 4.44. The van der Waals surface area contributed by atoms with Crippen molar-refractivity contribution in [3.05, 3.63) is 80.5 Å². The molecule has 1 aromatic carbocycles. The molecule has 0 spiro atoms. The summed E-state index contributed by atoms with van der Waals surface area (Å²) in [5.74, 6) is 0. The molecule has 30 heavy (non-hydrogen) atoms. The van der Waals surface area contributed by atoms with Crippen LogP contribution in [0.3, 0.4) is 0 Å². The Labute approximate surface area is 192 Å². The van der Waals surface area contributed by atoms with Crippen molar-refractivity contribution in [3.63, 3.8) is 0 Å². The largest absolute Gasteiger partial charge is 0.139 e. The highest BCUT2D eigenvalue weighted by Gasteiger charge is 2.25. The van der Waals surface area contributed by atoms with E-state index < -0.39 is 0 Å². The van der Waals surface area contributed by atoms with Gasteiger partial charge in [-0.05, 0) is 71.5 Å². The van der Waals surface area contributed by atoms with Crippen molar-refractivity contribution in [1.29, 1.82) is 0 Å². The lowest BCUT2D eigenvalue weighted by Crippen LogP contribution is -1.78. The van der Waals surface area contributed by atoms with Gasteiger partial charge in [-0.1, -0.05) is 24.3 Å². The average Bonchev–Trinajstić information content (AvgIpc) is 3.51. The molecule has 7 rings (SSSR count). The van der Waals surface area contributed by atoms with Crippen molar-refractivity contribution in [2.75, 3.05) is 0 Å². The highest BCUT2D eigenvalue weighted by Crippen LogP contribution is 2.50. The molecule has 0 radical (unpaired) electrons. The first-order valence-corrected chi connectivity index (χ1v) is 13.4. The van der Waals surface area contributed by atoms with E-state index in [4.69, 9.17) is 0 Å². The molecule has 4 heterocycles. The number of rotatable bonds is 2. The zero-order valence-corrected chi connectivity index (χ0v) is 19.9. The first-order chi connectivity index (χ1) is 14.6. The summed E-state index contributed by atoms with van der Waals surface area (Å²) >= 11 is 7.82. The molecule has 0 fully saturated rings. The summed E-state index contributed by atoms with van der Waals surface area (Å²) in [7, 11) is 0. The Morgan fingerprint density at radius 1 is 0.500 bits per heavy atom. The molecule has 0 saturated carbocycles. The molecule has 0 nitrogen and oxygen atoms in total. The van der Waals surface area contributed by atoms with Gasteiger partial charge in [0.05, 0.1) is 0 Å². The van der Waals surface area contributed by atoms with Crippen LogP contribution in [0.4, 0.5) is 0 Å². The Bertz CT molecular complexity index is 1340. The van der Waals surface area contributed by atoms with E-state index in [0.29, 0.717) is 0 Å². The van der Waals surface area contributed by atoms with Gasteiger partial charge in [0.15, 0.2) is 0 Å². The monoisotopic (exact) mass is 458 g/mol. The molecule has 0 N–H and O–H groups in total. The van der Waals surface area contributed by atoms with Gasteiger partial charge in [0.1, 0.15) is 0 Å². The van der Waals surface area contributed by atoms with E-state index in [0.717, 1.165) is 12.8 Å². The van der Waals surface area contributed by atoms with E-state index in [1.54, 1.807) is 0 Å². The van der Waals surface area contributed by atoms with Gasteiger partial charge in [0, 0.05) is 51.9 Å². The molecule has 0 amide bonds. The highest BCUT2D eigenvalue weighted by atomic mass is 32.1. The Hall–Kier alpha value is -1.98. The lowest BCUT2D eigenvalue weighted by atomic mass is 10.1. The normalized spacial score (nSPS) is 13.4. The van der Waals surface area contributed by atoms with Crippen LogP contribution >= 0.6 is 45.3 Å². The first-order valence-electron chi connectivity index (χ1n) is 10.2. The van der Waals surface area contributed by atoms with Crippen molar-refractivity contribution in [3.8, 4) is 40.4 Å². The van der Waals surface area contributed by atoms with Crippen LogP contribution in [0, 0.1) is 13.8 Å². The summed E-state index contributed by atoms with van der Waals surface area (Å²) in [5.41, 5.74) is 8.75. The summed E-state index contributed by atoms with van der Waals surface area (Å²) in [6.07, 6.45) is 2.21. The van der Waals surface area contributed by atoms with Crippen LogP contribution in [-0.2, 0) is 12.8 Å². The number of hydrogen-bond donors (Lipinski definition) is 0. The second-order valence-electron chi connectivity index (χ2n) is 8.28. The van der Waals surface area contributed by atoms with E-state index in [2.05, 4.69) is 62.4 Å². The number of aryl methyl sites for hydroxylation is 2. The lowest BCUT2D eigenvalue weighted by Gasteiger charge is -2.02. The molecule has 2 aliphatic carbocycles. The van der Waals surface area contributed by atoms with Crippen LogP contribution in [0.1, 0.15) is 32.0 Å². The molecular weight excluding hydrogens is 441 g/mol. The maximum absolute atomic E-state index is 2.41. The molecule has 2 aliphatic rings. The summed E-state index contributed by atoms with van der Waals surface area (Å²) in [4.78, 5) is 11.7. The van der Waals surface area contributed by atoms with E-state index in [9.17, 15) is 0 Å². The van der Waals surface area contributed by atoms with Gasteiger partial charge in [0.2, 0.25) is 0 Å². The average molecular weight is 459 g/mol. The van der Waals surface area contributed by atoms with Gasteiger partial charge in [-0.3, -0.25) is 0 Å². The number of benzene rings is 1. The molecule has 0 atom stereocenters. The zero-order chi connectivity index (χ0) is 20.0. The molecule has 0 saturated heterocycles. The predicted octanol–water partition coefficient (Wildman–Crippen LogP) is 9.03. The molecule has 5 aromatic rings. The predicted molar refractivity (Wildman–Crippen MR) is 135 cm³/mol. The van der Waals surface area contributed by atoms with Gasteiger partial charge < -0.3 is 0 Å². The third-order valence-corrected chi connectivity index (χ3v) is 11.1. The molecule has 0 aliphatic heterocycles. The van der Waals surface area contributed by atoms with Crippen molar-refractivity contribution >= 4 is 45.3 Å². The Morgan fingerprint density at radius 2 is 0.867 bits per heavy atom. The van der Waals surface area contributed by atoms with Crippen LogP contribution in [0.15, 0.2) is 48.5 Å².